The van der Waals surface area contributed by atoms with Crippen LogP contribution in [0.5, 0.6) is 0 Å². The fourth-order valence-corrected chi connectivity index (χ4v) is 9.48. The van der Waals surface area contributed by atoms with E-state index >= 15 is 0 Å². The lowest BCUT2D eigenvalue weighted by molar-refractivity contribution is 0.166. The maximum atomic E-state index is 7.06. The number of para-hydroxylation sites is 3. The molecule has 0 saturated carbocycles. The van der Waals surface area contributed by atoms with E-state index in [9.17, 15) is 0 Å². The summed E-state index contributed by atoms with van der Waals surface area (Å²) in [6, 6.07) is 41.7. The van der Waals surface area contributed by atoms with Gasteiger partial charge in [-0.3, -0.25) is 0 Å². The fraction of sp³-hybridized carbons (Fsp3) is 0.133. The van der Waals surface area contributed by atoms with E-state index in [0.717, 1.165) is 95.3 Å². The van der Waals surface area contributed by atoms with Crippen molar-refractivity contribution in [1.82, 2.24) is 0 Å². The van der Waals surface area contributed by atoms with Crippen molar-refractivity contribution in [2.45, 2.75) is 54.1 Å². The number of allylic oxidation sites excluding steroid dienone is 9. The predicted molar refractivity (Wildman–Crippen MR) is 272 cm³/mol. The van der Waals surface area contributed by atoms with Gasteiger partial charge < -0.3 is 19.0 Å². The highest BCUT2D eigenvalue weighted by atomic mass is 16.5. The van der Waals surface area contributed by atoms with Gasteiger partial charge in [-0.15, -0.1) is 0 Å². The van der Waals surface area contributed by atoms with Crippen LogP contribution in [0.1, 0.15) is 43.9 Å². The Kier molecular flexibility index (Phi) is 10.5. The molecule has 7 aromatic carbocycles. The van der Waals surface area contributed by atoms with E-state index in [2.05, 4.69) is 227 Å². The first-order valence-electron chi connectivity index (χ1n) is 22.3. The Morgan fingerprint density at radius 3 is 2.05 bits per heavy atom. The highest BCUT2D eigenvalue weighted by molar-refractivity contribution is 6.29. The SMILES string of the molecule is C=C1/C=C\C=C(\C)C(C)OC2=C(N(c3ccccc3)c3cc(C)c4ccc5c(N(\C=c6/oc7c(C)cccc7/c6=C/C=C\C)c6ccccc6)cc(C)c6ccc3c4c65)C=CCC=C12. The average molecular weight is 833 g/mol. The van der Waals surface area contributed by atoms with Crippen LogP contribution in [-0.2, 0) is 4.74 Å². The summed E-state index contributed by atoms with van der Waals surface area (Å²) in [6.07, 6.45) is 22.1. The predicted octanol–water partition coefficient (Wildman–Crippen LogP) is 14.9. The number of ether oxygens (including phenoxy) is 1. The largest absolute Gasteiger partial charge is 0.484 e. The molecule has 0 fully saturated rings. The Hall–Kier alpha value is -7.56. The topological polar surface area (TPSA) is 28.9 Å². The van der Waals surface area contributed by atoms with Crippen LogP contribution >= 0.6 is 0 Å². The third-order valence-electron chi connectivity index (χ3n) is 12.9. The van der Waals surface area contributed by atoms with Gasteiger partial charge in [-0.1, -0.05) is 134 Å². The van der Waals surface area contributed by atoms with Crippen molar-refractivity contribution in [2.24, 2.45) is 0 Å². The van der Waals surface area contributed by atoms with Crippen LogP contribution in [0.25, 0.3) is 55.6 Å². The molecule has 1 aliphatic heterocycles. The molecule has 10 rings (SSSR count). The Morgan fingerprint density at radius 1 is 0.688 bits per heavy atom. The Bertz CT molecular complexity index is 3470. The number of fused-ring (bicyclic) bond motifs is 2. The second-order valence-corrected chi connectivity index (χ2v) is 17.1. The summed E-state index contributed by atoms with van der Waals surface area (Å²) in [7, 11) is 0. The molecule has 0 N–H and O–H groups in total. The maximum absolute atomic E-state index is 7.06. The van der Waals surface area contributed by atoms with E-state index in [4.69, 9.17) is 9.15 Å². The van der Waals surface area contributed by atoms with Gasteiger partial charge in [-0.25, -0.2) is 0 Å². The van der Waals surface area contributed by atoms with Gasteiger partial charge in [0.25, 0.3) is 0 Å². The molecular formula is C60H52N2O2. The lowest BCUT2D eigenvalue weighted by Crippen LogP contribution is -2.24. The summed E-state index contributed by atoms with van der Waals surface area (Å²) in [6.45, 7) is 17.4. The first-order chi connectivity index (χ1) is 31.2. The molecular weight excluding hydrogens is 781 g/mol. The summed E-state index contributed by atoms with van der Waals surface area (Å²) in [4.78, 5) is 4.71. The van der Waals surface area contributed by atoms with Crippen LogP contribution in [0, 0.1) is 20.8 Å². The number of anilines is 4. The Morgan fingerprint density at radius 2 is 1.34 bits per heavy atom. The van der Waals surface area contributed by atoms with Crippen LogP contribution in [0.2, 0.25) is 0 Å². The molecule has 1 aromatic heterocycles. The zero-order valence-electron chi connectivity index (χ0n) is 37.4. The van der Waals surface area contributed by atoms with Gasteiger partial charge in [-0.05, 0) is 140 Å². The van der Waals surface area contributed by atoms with E-state index in [-0.39, 0.29) is 6.10 Å². The summed E-state index contributed by atoms with van der Waals surface area (Å²) in [5.41, 5.74) is 13.5. The number of rotatable bonds is 7. The molecule has 4 heteroatoms. The van der Waals surface area contributed by atoms with Gasteiger partial charge in [0, 0.05) is 38.3 Å². The van der Waals surface area contributed by atoms with Crippen molar-refractivity contribution in [1.29, 1.82) is 0 Å². The molecule has 1 unspecified atom stereocenters. The zero-order chi connectivity index (χ0) is 44.1. The smallest absolute Gasteiger partial charge is 0.151 e. The van der Waals surface area contributed by atoms with Crippen molar-refractivity contribution in [2.75, 3.05) is 9.80 Å². The van der Waals surface area contributed by atoms with E-state index in [1.165, 1.54) is 32.7 Å². The number of furan rings is 1. The van der Waals surface area contributed by atoms with Gasteiger partial charge in [0.1, 0.15) is 11.7 Å². The molecule has 2 heterocycles. The van der Waals surface area contributed by atoms with Crippen molar-refractivity contribution in [3.63, 3.8) is 0 Å². The van der Waals surface area contributed by atoms with Gasteiger partial charge in [0.2, 0.25) is 0 Å². The summed E-state index contributed by atoms with van der Waals surface area (Å²) in [5.74, 6) is 0.816. The van der Waals surface area contributed by atoms with E-state index < -0.39 is 0 Å². The molecule has 1 aliphatic carbocycles. The van der Waals surface area contributed by atoms with Crippen molar-refractivity contribution >= 4 is 78.3 Å². The van der Waals surface area contributed by atoms with Crippen LogP contribution < -0.4 is 20.4 Å². The number of nitrogens with zero attached hydrogens (tertiary/aromatic N) is 2. The fourth-order valence-electron chi connectivity index (χ4n) is 9.48. The van der Waals surface area contributed by atoms with Gasteiger partial charge in [0.05, 0.1) is 23.3 Å². The molecule has 0 spiro atoms. The lowest BCUT2D eigenvalue weighted by Gasteiger charge is -2.32. The van der Waals surface area contributed by atoms with Crippen LogP contribution in [0.15, 0.2) is 203 Å². The van der Waals surface area contributed by atoms with Gasteiger partial charge in [0.15, 0.2) is 11.2 Å². The zero-order valence-corrected chi connectivity index (χ0v) is 37.4. The number of aryl methyl sites for hydroxylation is 3. The van der Waals surface area contributed by atoms with Crippen LogP contribution in [-0.4, -0.2) is 6.10 Å². The second kappa shape index (κ2) is 16.6. The highest BCUT2D eigenvalue weighted by Gasteiger charge is 2.28. The van der Waals surface area contributed by atoms with E-state index in [1.807, 2.05) is 6.92 Å². The van der Waals surface area contributed by atoms with Crippen LogP contribution in [0.4, 0.5) is 22.7 Å². The van der Waals surface area contributed by atoms with E-state index in [1.54, 1.807) is 0 Å². The third-order valence-corrected chi connectivity index (χ3v) is 12.9. The minimum atomic E-state index is -0.150. The van der Waals surface area contributed by atoms with Crippen molar-refractivity contribution in [3.8, 4) is 0 Å². The van der Waals surface area contributed by atoms with E-state index in [0.29, 0.717) is 0 Å². The second-order valence-electron chi connectivity index (χ2n) is 17.1. The molecule has 0 amide bonds. The molecule has 4 nitrogen and oxygen atoms in total. The minimum Gasteiger partial charge on any atom is -0.484 e. The average Bonchev–Trinajstić information content (AvgIpc) is 3.56. The molecule has 314 valence electrons. The molecule has 2 aliphatic rings. The molecule has 8 aromatic rings. The number of hydrogen-bond acceptors (Lipinski definition) is 4. The molecule has 0 radical (unpaired) electrons. The standard InChI is InChI=1S/C60H52N2O2/c1-8-9-27-49-50-29-19-22-40(4)59(50)64-56(49)37-61(44-23-12-10-13-24-44)54-35-41(5)46-32-34-52-55(36-42(6)47-31-33-51(54)57(46)58(47)52)62(45-25-14-11-15-26-45)53-30-17-16-28-48-39(3)21-18-20-38(2)43(7)63-60(48)53/h8-15,17-37,43H,3,16H2,1-2,4-7H3/b9-8-,21-18-,38-20-,49-27-,56-37-. The Balaban J connectivity index is 1.28. The number of hydrogen-bond donors (Lipinski definition) is 0. The first kappa shape index (κ1) is 40.5. The monoisotopic (exact) mass is 832 g/mol. The molecule has 1 atom stereocenters. The summed E-state index contributed by atoms with van der Waals surface area (Å²) >= 11 is 0. The molecule has 0 bridgehead atoms. The summed E-state index contributed by atoms with van der Waals surface area (Å²) < 4.78 is 13.9. The van der Waals surface area contributed by atoms with Gasteiger partial charge in [-0.2, -0.15) is 0 Å². The quantitative estimate of drug-likeness (QED) is 0.150. The van der Waals surface area contributed by atoms with Crippen LogP contribution in [0.3, 0.4) is 0 Å². The van der Waals surface area contributed by atoms with Crippen molar-refractivity contribution in [3.05, 3.63) is 226 Å². The normalized spacial score (nSPS) is 17.7. The molecule has 64 heavy (non-hydrogen) atoms. The first-order valence-corrected chi connectivity index (χ1v) is 22.3. The van der Waals surface area contributed by atoms with Crippen molar-refractivity contribution < 1.29 is 9.15 Å². The minimum absolute atomic E-state index is 0.150. The molecule has 0 saturated heterocycles. The Labute approximate surface area is 375 Å². The number of benzene rings is 7. The third kappa shape index (κ3) is 6.96. The maximum Gasteiger partial charge on any atom is 0.151 e. The van der Waals surface area contributed by atoms with Gasteiger partial charge >= 0.3 is 0 Å². The summed E-state index contributed by atoms with van der Waals surface area (Å²) in [5, 5.41) is 9.40. The lowest BCUT2D eigenvalue weighted by atomic mass is 9.88. The highest BCUT2D eigenvalue weighted by Crippen LogP contribution is 2.48.